The highest BCUT2D eigenvalue weighted by atomic mass is 16.5. The van der Waals surface area contributed by atoms with Crippen molar-refractivity contribution in [1.29, 1.82) is 0 Å². The molecule has 15 nitrogen and oxygen atoms in total. The fraction of sp³-hybridized carbons (Fsp3) is 0.511. The Labute approximate surface area is 349 Å². The topological polar surface area (TPSA) is 184 Å². The SMILES string of the molecule is COC(=O)NC(C(=O)N1CCCC1c1nc2c([nH]1)CCCc1cc(C#Cc3ccc4nc(C5CCCN5C(=O)C(NC(=O)OC)C5CCOCC5)[nH]c4c3)ccc1-2)C(C)C. The highest BCUT2D eigenvalue weighted by Crippen LogP contribution is 2.38. The molecule has 4 amide bonds. The number of hydrogen-bond donors (Lipinski definition) is 4. The second-order valence-electron chi connectivity index (χ2n) is 16.6. The Morgan fingerprint density at radius 1 is 0.783 bits per heavy atom. The van der Waals surface area contributed by atoms with Crippen LogP contribution >= 0.6 is 0 Å². The Morgan fingerprint density at radius 3 is 2.13 bits per heavy atom. The van der Waals surface area contributed by atoms with E-state index in [-0.39, 0.29) is 35.7 Å². The second kappa shape index (κ2) is 17.8. The minimum atomic E-state index is -0.693. The molecule has 316 valence electrons. The summed E-state index contributed by atoms with van der Waals surface area (Å²) in [7, 11) is 2.61. The van der Waals surface area contributed by atoms with Crippen molar-refractivity contribution in [3.05, 3.63) is 70.4 Å². The zero-order valence-corrected chi connectivity index (χ0v) is 34.8. The Kier molecular flexibility index (Phi) is 12.1. The number of fused-ring (bicyclic) bond motifs is 4. The predicted molar refractivity (Wildman–Crippen MR) is 223 cm³/mol. The van der Waals surface area contributed by atoms with E-state index in [1.165, 1.54) is 19.8 Å². The molecule has 15 heteroatoms. The molecule has 4 aliphatic rings. The molecule has 2 aromatic carbocycles. The number of methoxy groups -OCH3 is 2. The van der Waals surface area contributed by atoms with Gasteiger partial charge < -0.3 is 44.6 Å². The van der Waals surface area contributed by atoms with Crippen molar-refractivity contribution in [1.82, 2.24) is 40.4 Å². The van der Waals surface area contributed by atoms with Gasteiger partial charge in [0, 0.05) is 48.7 Å². The molecular formula is C45H54N8O7. The summed E-state index contributed by atoms with van der Waals surface area (Å²) in [6.45, 7) is 6.12. The summed E-state index contributed by atoms with van der Waals surface area (Å²) in [6, 6.07) is 10.4. The molecule has 0 spiro atoms. The minimum Gasteiger partial charge on any atom is -0.453 e. The van der Waals surface area contributed by atoms with Crippen LogP contribution in [0.4, 0.5) is 9.59 Å². The number of carbonyl (C=O) groups excluding carboxylic acids is 4. The highest BCUT2D eigenvalue weighted by Gasteiger charge is 2.41. The highest BCUT2D eigenvalue weighted by molar-refractivity contribution is 5.87. The molecule has 0 radical (unpaired) electrons. The van der Waals surface area contributed by atoms with Gasteiger partial charge in [-0.25, -0.2) is 19.6 Å². The lowest BCUT2D eigenvalue weighted by molar-refractivity contribution is -0.137. The van der Waals surface area contributed by atoms with Gasteiger partial charge in [-0.15, -0.1) is 0 Å². The van der Waals surface area contributed by atoms with Gasteiger partial charge in [-0.2, -0.15) is 0 Å². The predicted octanol–water partition coefficient (Wildman–Crippen LogP) is 5.70. The second-order valence-corrected chi connectivity index (χ2v) is 16.6. The molecule has 1 aliphatic carbocycles. The number of rotatable bonds is 8. The van der Waals surface area contributed by atoms with E-state index in [0.717, 1.165) is 95.7 Å². The molecule has 0 saturated carbocycles. The lowest BCUT2D eigenvalue weighted by Crippen LogP contribution is -2.53. The Bertz CT molecular complexity index is 2320. The zero-order chi connectivity index (χ0) is 41.9. The molecule has 3 saturated heterocycles. The maximum atomic E-state index is 14.0. The summed E-state index contributed by atoms with van der Waals surface area (Å²) in [5.41, 5.74) is 7.64. The molecule has 5 heterocycles. The summed E-state index contributed by atoms with van der Waals surface area (Å²) < 4.78 is 15.2. The average Bonchev–Trinajstić information content (AvgIpc) is 4.09. The largest absolute Gasteiger partial charge is 0.453 e. The van der Waals surface area contributed by atoms with Gasteiger partial charge in [0.25, 0.3) is 0 Å². The summed E-state index contributed by atoms with van der Waals surface area (Å²) in [4.78, 5) is 72.9. The van der Waals surface area contributed by atoms with Gasteiger partial charge in [0.1, 0.15) is 23.7 Å². The first-order valence-corrected chi connectivity index (χ1v) is 21.2. The number of carbonyl (C=O) groups is 4. The third-order valence-electron chi connectivity index (χ3n) is 12.4. The molecule has 60 heavy (non-hydrogen) atoms. The number of nitrogens with zero attached hydrogens (tertiary/aromatic N) is 4. The first-order valence-electron chi connectivity index (χ1n) is 21.2. The summed E-state index contributed by atoms with van der Waals surface area (Å²) in [6.07, 6.45) is 6.08. The number of nitrogens with one attached hydrogen (secondary N) is 4. The van der Waals surface area contributed by atoms with E-state index in [1.807, 2.05) is 47.9 Å². The van der Waals surface area contributed by atoms with Crippen LogP contribution in [0.2, 0.25) is 0 Å². The van der Waals surface area contributed by atoms with Crippen molar-refractivity contribution in [2.45, 2.75) is 95.8 Å². The van der Waals surface area contributed by atoms with Crippen LogP contribution in [0.5, 0.6) is 0 Å². The van der Waals surface area contributed by atoms with Crippen molar-refractivity contribution >= 4 is 35.0 Å². The molecule has 4 unspecified atom stereocenters. The lowest BCUT2D eigenvalue weighted by atomic mass is 9.90. The number of aryl methyl sites for hydroxylation is 2. The van der Waals surface area contributed by atoms with Crippen LogP contribution < -0.4 is 10.6 Å². The normalized spacial score (nSPS) is 20.1. The van der Waals surface area contributed by atoms with E-state index >= 15 is 0 Å². The Balaban J connectivity index is 0.981. The monoisotopic (exact) mass is 818 g/mol. The van der Waals surface area contributed by atoms with E-state index in [0.29, 0.717) is 39.1 Å². The number of likely N-dealkylation sites (tertiary alicyclic amines) is 2. The number of H-pyrrole nitrogens is 2. The summed E-state index contributed by atoms with van der Waals surface area (Å²) in [5, 5.41) is 5.54. The maximum Gasteiger partial charge on any atom is 0.407 e. The number of imidazole rings is 2. The van der Waals surface area contributed by atoms with Crippen LogP contribution in [0.25, 0.3) is 22.3 Å². The first kappa shape index (κ1) is 40.9. The number of hydrogen-bond acceptors (Lipinski definition) is 9. The molecule has 4 atom stereocenters. The quantitative estimate of drug-likeness (QED) is 0.162. The molecule has 3 fully saturated rings. The number of amides is 4. The van der Waals surface area contributed by atoms with E-state index in [2.05, 4.69) is 44.6 Å². The van der Waals surface area contributed by atoms with E-state index in [9.17, 15) is 19.2 Å². The van der Waals surface area contributed by atoms with Crippen LogP contribution in [-0.4, -0.2) is 106 Å². The zero-order valence-electron chi connectivity index (χ0n) is 34.8. The van der Waals surface area contributed by atoms with Crippen LogP contribution in [0.1, 0.15) is 105 Å². The summed E-state index contributed by atoms with van der Waals surface area (Å²) in [5.74, 6) is 7.83. The molecule has 3 aliphatic heterocycles. The van der Waals surface area contributed by atoms with Gasteiger partial charge in [0.05, 0.1) is 43.0 Å². The Hall–Kier alpha value is -5.88. The van der Waals surface area contributed by atoms with Gasteiger partial charge in [0.2, 0.25) is 11.8 Å². The molecule has 0 bridgehead atoms. The van der Waals surface area contributed by atoms with Gasteiger partial charge in [-0.3, -0.25) is 9.59 Å². The molecule has 4 aromatic rings. The lowest BCUT2D eigenvalue weighted by Gasteiger charge is -2.34. The van der Waals surface area contributed by atoms with Gasteiger partial charge in [-0.1, -0.05) is 31.8 Å². The third kappa shape index (κ3) is 8.43. The standard InChI is InChI=1S/C45H54N8O7/c1-26(2)37(50-44(56)58-3)42(54)52-20-7-11-36(52)41-47-33-9-5-8-30-24-27(14-16-31(30)39(33)49-41)12-13-28-15-17-32-34(25-28)48-40(46-32)35-10-6-21-53(35)43(55)38(51-45(57)59-4)29-18-22-60-23-19-29/h14-17,24-26,29,35-38H,5-11,18-23H2,1-4H3,(H,46,48)(H,47,49)(H,50,56)(H,51,57). The van der Waals surface area contributed by atoms with Crippen LogP contribution in [-0.2, 0) is 36.6 Å². The summed E-state index contributed by atoms with van der Waals surface area (Å²) >= 11 is 0. The number of benzene rings is 2. The van der Waals surface area contributed by atoms with E-state index < -0.39 is 24.3 Å². The average molecular weight is 819 g/mol. The van der Waals surface area contributed by atoms with Gasteiger partial charge >= 0.3 is 12.2 Å². The number of alkyl carbamates (subject to hydrolysis) is 2. The van der Waals surface area contributed by atoms with Crippen LogP contribution in [0.15, 0.2) is 36.4 Å². The van der Waals surface area contributed by atoms with Crippen molar-refractivity contribution < 1.29 is 33.4 Å². The number of aromatic nitrogens is 4. The van der Waals surface area contributed by atoms with Crippen molar-refractivity contribution in [2.75, 3.05) is 40.5 Å². The first-order chi connectivity index (χ1) is 29.1. The van der Waals surface area contributed by atoms with Crippen molar-refractivity contribution in [2.24, 2.45) is 11.8 Å². The van der Waals surface area contributed by atoms with Gasteiger partial charge in [-0.05, 0) is 106 Å². The smallest absolute Gasteiger partial charge is 0.407 e. The maximum absolute atomic E-state index is 14.0. The third-order valence-corrected chi connectivity index (χ3v) is 12.4. The van der Waals surface area contributed by atoms with E-state index in [1.54, 1.807) is 0 Å². The number of ether oxygens (including phenoxy) is 3. The van der Waals surface area contributed by atoms with Gasteiger partial charge in [0.15, 0.2) is 0 Å². The molecule has 4 N–H and O–H groups in total. The van der Waals surface area contributed by atoms with E-state index in [4.69, 9.17) is 24.2 Å². The molecular weight excluding hydrogens is 765 g/mol. The molecule has 2 aromatic heterocycles. The number of aromatic amines is 2. The fourth-order valence-corrected chi connectivity index (χ4v) is 9.27. The van der Waals surface area contributed by atoms with Crippen LogP contribution in [0, 0.1) is 23.7 Å². The Morgan fingerprint density at radius 2 is 1.43 bits per heavy atom. The van der Waals surface area contributed by atoms with Crippen LogP contribution in [0.3, 0.4) is 0 Å². The van der Waals surface area contributed by atoms with Crippen molar-refractivity contribution in [3.8, 4) is 23.1 Å². The van der Waals surface area contributed by atoms with Crippen molar-refractivity contribution in [3.63, 3.8) is 0 Å². The molecule has 8 rings (SSSR count). The minimum absolute atomic E-state index is 0.0342. The fourth-order valence-electron chi connectivity index (χ4n) is 9.27.